The lowest BCUT2D eigenvalue weighted by atomic mass is 10.0. The van der Waals surface area contributed by atoms with Crippen LogP contribution in [0.2, 0.25) is 0 Å². The van der Waals surface area contributed by atoms with Gasteiger partial charge in [0.2, 0.25) is 10.0 Å². The standard InChI is InChI=1S/C11H18BrNO4S/c1-4-5-11(2,3)13-18(15,16)9-6-8(7-14)17-10(9)12/h6,13-14H,4-5,7H2,1-3H3. The van der Waals surface area contributed by atoms with Gasteiger partial charge in [0.15, 0.2) is 4.67 Å². The number of aliphatic hydroxyl groups excluding tert-OH is 1. The second-order valence-corrected chi connectivity index (χ2v) is 7.12. The zero-order chi connectivity index (χ0) is 14.0. The summed E-state index contributed by atoms with van der Waals surface area (Å²) in [5.74, 6) is 0.204. The third kappa shape index (κ3) is 3.81. The lowest BCUT2D eigenvalue weighted by Crippen LogP contribution is -2.43. The van der Waals surface area contributed by atoms with Crippen LogP contribution in [0.25, 0.3) is 0 Å². The molecule has 0 unspecified atom stereocenters. The summed E-state index contributed by atoms with van der Waals surface area (Å²) >= 11 is 3.04. The van der Waals surface area contributed by atoms with Gasteiger partial charge in [0.25, 0.3) is 0 Å². The molecule has 5 nitrogen and oxygen atoms in total. The summed E-state index contributed by atoms with van der Waals surface area (Å²) in [7, 11) is -3.66. The molecule has 0 saturated heterocycles. The average molecular weight is 340 g/mol. The van der Waals surface area contributed by atoms with E-state index in [2.05, 4.69) is 20.7 Å². The molecule has 1 heterocycles. The third-order valence-electron chi connectivity index (χ3n) is 2.44. The van der Waals surface area contributed by atoms with E-state index in [1.54, 1.807) is 0 Å². The summed E-state index contributed by atoms with van der Waals surface area (Å²) in [4.78, 5) is 0.00993. The van der Waals surface area contributed by atoms with E-state index in [0.29, 0.717) is 0 Å². The maximum Gasteiger partial charge on any atom is 0.245 e. The third-order valence-corrected chi connectivity index (χ3v) is 4.99. The lowest BCUT2D eigenvalue weighted by molar-refractivity contribution is 0.245. The van der Waals surface area contributed by atoms with Crippen molar-refractivity contribution in [2.24, 2.45) is 0 Å². The Kier molecular flexibility index (Phi) is 4.99. The fourth-order valence-corrected chi connectivity index (χ4v) is 4.19. The Morgan fingerprint density at radius 1 is 1.50 bits per heavy atom. The first kappa shape index (κ1) is 15.7. The highest BCUT2D eigenvalue weighted by Crippen LogP contribution is 2.27. The second kappa shape index (κ2) is 5.73. The molecule has 0 fully saturated rings. The van der Waals surface area contributed by atoms with Crippen molar-refractivity contribution in [3.63, 3.8) is 0 Å². The van der Waals surface area contributed by atoms with Crippen LogP contribution in [0, 0.1) is 0 Å². The molecule has 0 radical (unpaired) electrons. The molecule has 1 rings (SSSR count). The number of halogens is 1. The number of sulfonamides is 1. The van der Waals surface area contributed by atoms with E-state index in [9.17, 15) is 8.42 Å². The summed E-state index contributed by atoms with van der Waals surface area (Å²) in [5, 5.41) is 8.93. The molecule has 7 heteroatoms. The minimum absolute atomic E-state index is 0.00993. The largest absolute Gasteiger partial charge is 0.450 e. The highest BCUT2D eigenvalue weighted by atomic mass is 79.9. The van der Waals surface area contributed by atoms with Gasteiger partial charge in [0.1, 0.15) is 17.3 Å². The highest BCUT2D eigenvalue weighted by Gasteiger charge is 2.29. The molecule has 2 N–H and O–H groups in total. The minimum Gasteiger partial charge on any atom is -0.450 e. The van der Waals surface area contributed by atoms with Crippen LogP contribution in [0.4, 0.5) is 0 Å². The van der Waals surface area contributed by atoms with Gasteiger partial charge in [-0.3, -0.25) is 0 Å². The first-order chi connectivity index (χ1) is 8.22. The van der Waals surface area contributed by atoms with Crippen LogP contribution in [0.1, 0.15) is 39.4 Å². The Hall–Kier alpha value is -0.370. The molecule has 1 aromatic rings. The maximum atomic E-state index is 12.2. The predicted octanol–water partition coefficient (Wildman–Crippen LogP) is 2.39. The van der Waals surface area contributed by atoms with Gasteiger partial charge in [0, 0.05) is 11.6 Å². The zero-order valence-electron chi connectivity index (χ0n) is 10.7. The summed E-state index contributed by atoms with van der Waals surface area (Å²) < 4.78 is 32.2. The number of furan rings is 1. The predicted molar refractivity (Wildman–Crippen MR) is 71.6 cm³/mol. The van der Waals surface area contributed by atoms with Crippen molar-refractivity contribution in [2.45, 2.75) is 50.7 Å². The molecule has 0 bridgehead atoms. The van der Waals surface area contributed by atoms with E-state index in [-0.39, 0.29) is 21.9 Å². The fourth-order valence-electron chi connectivity index (χ4n) is 1.75. The average Bonchev–Trinajstić information content (AvgIpc) is 2.58. The van der Waals surface area contributed by atoms with E-state index in [1.807, 2.05) is 20.8 Å². The molecule has 0 aliphatic heterocycles. The Labute approximate surface area is 116 Å². The smallest absolute Gasteiger partial charge is 0.245 e. The Morgan fingerprint density at radius 2 is 2.11 bits per heavy atom. The molecule has 0 atom stereocenters. The number of hydrogen-bond donors (Lipinski definition) is 2. The van der Waals surface area contributed by atoms with Gasteiger partial charge in [-0.05, 0) is 36.2 Å². The molecule has 0 saturated carbocycles. The molecular formula is C11H18BrNO4S. The van der Waals surface area contributed by atoms with Crippen LogP contribution >= 0.6 is 15.9 Å². The molecule has 0 spiro atoms. The van der Waals surface area contributed by atoms with Gasteiger partial charge >= 0.3 is 0 Å². The number of nitrogens with one attached hydrogen (secondary N) is 1. The molecular weight excluding hydrogens is 322 g/mol. The van der Waals surface area contributed by atoms with Crippen LogP contribution in [0.5, 0.6) is 0 Å². The van der Waals surface area contributed by atoms with Crippen molar-refractivity contribution in [2.75, 3.05) is 0 Å². The Morgan fingerprint density at radius 3 is 2.56 bits per heavy atom. The summed E-state index contributed by atoms with van der Waals surface area (Å²) in [6, 6.07) is 1.31. The van der Waals surface area contributed by atoms with E-state index < -0.39 is 15.6 Å². The Balaban J connectivity index is 3.03. The van der Waals surface area contributed by atoms with Gasteiger partial charge in [-0.1, -0.05) is 13.3 Å². The Bertz CT molecular complexity index is 507. The summed E-state index contributed by atoms with van der Waals surface area (Å²) in [6.07, 6.45) is 1.61. The lowest BCUT2D eigenvalue weighted by Gasteiger charge is -2.24. The van der Waals surface area contributed by atoms with Gasteiger partial charge in [0.05, 0.1) is 0 Å². The van der Waals surface area contributed by atoms with Crippen molar-refractivity contribution in [3.05, 3.63) is 16.5 Å². The van der Waals surface area contributed by atoms with E-state index >= 15 is 0 Å². The summed E-state index contributed by atoms with van der Waals surface area (Å²) in [6.45, 7) is 5.31. The van der Waals surface area contributed by atoms with Crippen molar-refractivity contribution in [3.8, 4) is 0 Å². The number of rotatable bonds is 6. The van der Waals surface area contributed by atoms with Gasteiger partial charge in [-0.2, -0.15) is 0 Å². The molecule has 0 aliphatic rings. The first-order valence-corrected chi connectivity index (χ1v) is 7.92. The van der Waals surface area contributed by atoms with Crippen LogP contribution in [0.3, 0.4) is 0 Å². The quantitative estimate of drug-likeness (QED) is 0.833. The van der Waals surface area contributed by atoms with Crippen LogP contribution in [-0.2, 0) is 16.6 Å². The SMILES string of the molecule is CCCC(C)(C)NS(=O)(=O)c1cc(CO)oc1Br. The van der Waals surface area contributed by atoms with Crippen LogP contribution in [0.15, 0.2) is 20.0 Å². The normalized spacial score (nSPS) is 12.9. The topological polar surface area (TPSA) is 79.5 Å². The molecule has 104 valence electrons. The number of aliphatic hydroxyl groups is 1. The van der Waals surface area contributed by atoms with Gasteiger partial charge in [-0.25, -0.2) is 13.1 Å². The molecule has 0 amide bonds. The van der Waals surface area contributed by atoms with Crippen molar-refractivity contribution in [1.29, 1.82) is 0 Å². The van der Waals surface area contributed by atoms with Gasteiger partial charge < -0.3 is 9.52 Å². The van der Waals surface area contributed by atoms with E-state index in [0.717, 1.165) is 12.8 Å². The van der Waals surface area contributed by atoms with E-state index in [4.69, 9.17) is 9.52 Å². The summed E-state index contributed by atoms with van der Waals surface area (Å²) in [5.41, 5.74) is -0.524. The van der Waals surface area contributed by atoms with E-state index in [1.165, 1.54) is 6.07 Å². The van der Waals surface area contributed by atoms with Crippen molar-refractivity contribution in [1.82, 2.24) is 4.72 Å². The molecule has 1 aromatic heterocycles. The molecule has 0 aromatic carbocycles. The molecule has 18 heavy (non-hydrogen) atoms. The van der Waals surface area contributed by atoms with Crippen molar-refractivity contribution >= 4 is 26.0 Å². The molecule has 0 aliphatic carbocycles. The minimum atomic E-state index is -3.66. The zero-order valence-corrected chi connectivity index (χ0v) is 13.1. The van der Waals surface area contributed by atoms with Gasteiger partial charge in [-0.15, -0.1) is 0 Å². The fraction of sp³-hybridized carbons (Fsp3) is 0.636. The monoisotopic (exact) mass is 339 g/mol. The van der Waals surface area contributed by atoms with Crippen molar-refractivity contribution < 1.29 is 17.9 Å². The highest BCUT2D eigenvalue weighted by molar-refractivity contribution is 9.10. The number of hydrogen-bond acceptors (Lipinski definition) is 4. The maximum absolute atomic E-state index is 12.2. The van der Waals surface area contributed by atoms with Crippen LogP contribution < -0.4 is 4.72 Å². The first-order valence-electron chi connectivity index (χ1n) is 5.65. The second-order valence-electron chi connectivity index (χ2n) is 4.75. The van der Waals surface area contributed by atoms with Crippen LogP contribution in [-0.4, -0.2) is 19.1 Å².